The monoisotopic (exact) mass is 351 g/mol. The van der Waals surface area contributed by atoms with E-state index in [4.69, 9.17) is 16.3 Å². The topological polar surface area (TPSA) is 29.5 Å². The molecule has 0 spiro atoms. The summed E-state index contributed by atoms with van der Waals surface area (Å²) >= 11 is 6.14. The minimum atomic E-state index is -0.0885. The van der Waals surface area contributed by atoms with Gasteiger partial charge >= 0.3 is 0 Å². The largest absolute Gasteiger partial charge is 0.489 e. The molecule has 0 atom stereocenters. The maximum atomic E-state index is 12.7. The van der Waals surface area contributed by atoms with Crippen LogP contribution in [0.25, 0.3) is 0 Å². The van der Waals surface area contributed by atoms with Crippen molar-refractivity contribution in [2.24, 2.45) is 0 Å². The summed E-state index contributed by atoms with van der Waals surface area (Å²) in [7, 11) is 1.76. The Morgan fingerprint density at radius 3 is 2.44 bits per heavy atom. The van der Waals surface area contributed by atoms with Crippen LogP contribution in [-0.4, -0.2) is 13.0 Å². The van der Waals surface area contributed by atoms with E-state index in [0.717, 1.165) is 11.3 Å². The van der Waals surface area contributed by atoms with Crippen LogP contribution in [0.4, 0.5) is 5.69 Å². The third-order valence-electron chi connectivity index (χ3n) is 3.88. The predicted molar refractivity (Wildman–Crippen MR) is 101 cm³/mol. The normalized spacial score (nSPS) is 10.3. The molecule has 126 valence electrons. The number of benzene rings is 3. The van der Waals surface area contributed by atoms with Crippen molar-refractivity contribution in [1.82, 2.24) is 0 Å². The maximum absolute atomic E-state index is 12.7. The number of hydrogen-bond donors (Lipinski definition) is 0. The Hall–Kier alpha value is -2.78. The minimum Gasteiger partial charge on any atom is -0.489 e. The number of para-hydroxylation sites is 1. The summed E-state index contributed by atoms with van der Waals surface area (Å²) in [5.41, 5.74) is 2.32. The van der Waals surface area contributed by atoms with Gasteiger partial charge in [0.15, 0.2) is 0 Å². The van der Waals surface area contributed by atoms with Gasteiger partial charge in [0.2, 0.25) is 0 Å². The third kappa shape index (κ3) is 4.20. The molecule has 0 bridgehead atoms. The van der Waals surface area contributed by atoms with E-state index < -0.39 is 0 Å². The van der Waals surface area contributed by atoms with Crippen LogP contribution in [0.5, 0.6) is 5.75 Å². The van der Waals surface area contributed by atoms with Gasteiger partial charge in [-0.25, -0.2) is 0 Å². The van der Waals surface area contributed by atoms with Gasteiger partial charge in [0.05, 0.1) is 0 Å². The van der Waals surface area contributed by atoms with E-state index in [1.165, 1.54) is 0 Å². The highest BCUT2D eigenvalue weighted by Gasteiger charge is 2.14. The second-order valence-corrected chi connectivity index (χ2v) is 6.01. The summed E-state index contributed by atoms with van der Waals surface area (Å²) in [5.74, 6) is 0.543. The van der Waals surface area contributed by atoms with Crippen molar-refractivity contribution in [1.29, 1.82) is 0 Å². The first-order valence-electron chi connectivity index (χ1n) is 7.94. The maximum Gasteiger partial charge on any atom is 0.258 e. The van der Waals surface area contributed by atoms with E-state index in [-0.39, 0.29) is 5.91 Å². The lowest BCUT2D eigenvalue weighted by Gasteiger charge is -2.17. The van der Waals surface area contributed by atoms with E-state index >= 15 is 0 Å². The van der Waals surface area contributed by atoms with Gasteiger partial charge in [-0.15, -0.1) is 0 Å². The Kier molecular flexibility index (Phi) is 5.36. The molecule has 0 fully saturated rings. The van der Waals surface area contributed by atoms with Crippen molar-refractivity contribution in [3.63, 3.8) is 0 Å². The molecule has 3 nitrogen and oxygen atoms in total. The van der Waals surface area contributed by atoms with Gasteiger partial charge in [-0.1, -0.05) is 54.1 Å². The summed E-state index contributed by atoms with van der Waals surface area (Å²) < 4.78 is 5.79. The van der Waals surface area contributed by atoms with Crippen LogP contribution in [0, 0.1) is 0 Å². The van der Waals surface area contributed by atoms with E-state index in [0.29, 0.717) is 22.9 Å². The van der Waals surface area contributed by atoms with Crippen molar-refractivity contribution in [3.8, 4) is 5.75 Å². The van der Waals surface area contributed by atoms with Gasteiger partial charge in [-0.3, -0.25) is 4.79 Å². The summed E-state index contributed by atoms with van der Waals surface area (Å²) in [4.78, 5) is 14.3. The fraction of sp³-hybridized carbons (Fsp3) is 0.0952. The first-order valence-corrected chi connectivity index (χ1v) is 8.32. The Morgan fingerprint density at radius 2 is 1.68 bits per heavy atom. The third-order valence-corrected chi connectivity index (χ3v) is 4.25. The minimum absolute atomic E-state index is 0.0885. The second kappa shape index (κ2) is 7.86. The number of nitrogens with zero attached hydrogens (tertiary/aromatic N) is 1. The molecule has 0 aromatic heterocycles. The van der Waals surface area contributed by atoms with Crippen LogP contribution >= 0.6 is 11.6 Å². The summed E-state index contributed by atoms with van der Waals surface area (Å²) in [5, 5.41) is 0.665. The Labute approximate surface area is 152 Å². The van der Waals surface area contributed by atoms with Crippen molar-refractivity contribution < 1.29 is 9.53 Å². The first kappa shape index (κ1) is 17.1. The highest BCUT2D eigenvalue weighted by molar-refractivity contribution is 6.31. The Bertz CT molecular complexity index is 865. The van der Waals surface area contributed by atoms with Crippen LogP contribution < -0.4 is 9.64 Å². The molecule has 3 rings (SSSR count). The lowest BCUT2D eigenvalue weighted by Crippen LogP contribution is -2.26. The van der Waals surface area contributed by atoms with Crippen molar-refractivity contribution >= 4 is 23.2 Å². The lowest BCUT2D eigenvalue weighted by molar-refractivity contribution is 0.0992. The summed E-state index contributed by atoms with van der Waals surface area (Å²) in [6, 6.07) is 24.2. The molecule has 0 unspecified atom stereocenters. The van der Waals surface area contributed by atoms with Gasteiger partial charge in [0.1, 0.15) is 12.4 Å². The first-order chi connectivity index (χ1) is 12.1. The summed E-state index contributed by atoms with van der Waals surface area (Å²) in [6.45, 7) is 0.353. The quantitative estimate of drug-likeness (QED) is 0.632. The molecule has 3 aromatic rings. The van der Waals surface area contributed by atoms with Crippen molar-refractivity contribution in [2.75, 3.05) is 11.9 Å². The van der Waals surface area contributed by atoms with Crippen molar-refractivity contribution in [2.45, 2.75) is 6.61 Å². The molecule has 0 heterocycles. The average molecular weight is 352 g/mol. The molecule has 0 saturated heterocycles. The number of rotatable bonds is 5. The van der Waals surface area contributed by atoms with Crippen molar-refractivity contribution in [3.05, 3.63) is 95.0 Å². The molecule has 0 aliphatic heterocycles. The number of ether oxygens (including phenoxy) is 1. The van der Waals surface area contributed by atoms with E-state index in [1.807, 2.05) is 66.7 Å². The molecule has 3 aromatic carbocycles. The number of amides is 1. The number of carbonyl (C=O) groups is 1. The van der Waals surface area contributed by atoms with Gasteiger partial charge in [0.25, 0.3) is 5.91 Å². The van der Waals surface area contributed by atoms with Crippen LogP contribution in [0.15, 0.2) is 78.9 Å². The molecule has 0 N–H and O–H groups in total. The molecular weight excluding hydrogens is 334 g/mol. The summed E-state index contributed by atoms with van der Waals surface area (Å²) in [6.07, 6.45) is 0. The number of carbonyl (C=O) groups excluding carboxylic acids is 1. The van der Waals surface area contributed by atoms with Gasteiger partial charge in [-0.2, -0.15) is 0 Å². The van der Waals surface area contributed by atoms with Gasteiger partial charge < -0.3 is 9.64 Å². The van der Waals surface area contributed by atoms with Crippen LogP contribution in [0.1, 0.15) is 15.9 Å². The van der Waals surface area contributed by atoms with E-state index in [1.54, 1.807) is 24.1 Å². The molecule has 1 amide bonds. The lowest BCUT2D eigenvalue weighted by atomic mass is 10.1. The molecule has 0 radical (unpaired) electrons. The zero-order valence-corrected chi connectivity index (χ0v) is 14.6. The van der Waals surface area contributed by atoms with Crippen LogP contribution in [-0.2, 0) is 6.61 Å². The van der Waals surface area contributed by atoms with Gasteiger partial charge in [-0.05, 0) is 36.4 Å². The Balaban J connectivity index is 1.73. The zero-order valence-electron chi connectivity index (χ0n) is 13.9. The zero-order chi connectivity index (χ0) is 17.6. The SMILES string of the molecule is CN(C(=O)c1cccc(OCc2ccccc2Cl)c1)c1ccccc1. The average Bonchev–Trinajstić information content (AvgIpc) is 2.67. The smallest absolute Gasteiger partial charge is 0.258 e. The predicted octanol–water partition coefficient (Wildman–Crippen LogP) is 5.20. The Morgan fingerprint density at radius 1 is 0.960 bits per heavy atom. The number of anilines is 1. The molecule has 0 aliphatic rings. The molecule has 0 saturated carbocycles. The second-order valence-electron chi connectivity index (χ2n) is 5.61. The highest BCUT2D eigenvalue weighted by Crippen LogP contribution is 2.21. The van der Waals surface area contributed by atoms with E-state index in [2.05, 4.69) is 0 Å². The van der Waals surface area contributed by atoms with Crippen LogP contribution in [0.3, 0.4) is 0 Å². The fourth-order valence-electron chi connectivity index (χ4n) is 2.46. The molecule has 0 aliphatic carbocycles. The molecular formula is C21H18ClNO2. The fourth-order valence-corrected chi connectivity index (χ4v) is 2.65. The van der Waals surface area contributed by atoms with Gasteiger partial charge in [0, 0.05) is 28.9 Å². The standard InChI is InChI=1S/C21H18ClNO2/c1-23(18-10-3-2-4-11-18)21(24)16-9-7-12-19(14-16)25-15-17-8-5-6-13-20(17)22/h2-14H,15H2,1H3. The number of halogens is 1. The van der Waals surface area contributed by atoms with Crippen LogP contribution in [0.2, 0.25) is 5.02 Å². The number of hydrogen-bond acceptors (Lipinski definition) is 2. The molecule has 25 heavy (non-hydrogen) atoms. The van der Waals surface area contributed by atoms with E-state index in [9.17, 15) is 4.79 Å². The molecule has 4 heteroatoms. The highest BCUT2D eigenvalue weighted by atomic mass is 35.5.